The number of benzene rings is 2. The van der Waals surface area contributed by atoms with Gasteiger partial charge in [0.15, 0.2) is 0 Å². The first kappa shape index (κ1) is 17.8. The SMILES string of the molecule is OC(c1ccccc1)(c1ccccc1Cl)C1C[NH+]2CCC1CC2.[Cl-]. The van der Waals surface area contributed by atoms with Crippen molar-refractivity contribution in [1.29, 1.82) is 0 Å². The van der Waals surface area contributed by atoms with Gasteiger partial charge in [-0.3, -0.25) is 0 Å². The molecule has 128 valence electrons. The molecule has 0 radical (unpaired) electrons. The Labute approximate surface area is 154 Å². The van der Waals surface area contributed by atoms with Crippen LogP contribution in [0.15, 0.2) is 54.6 Å². The average molecular weight is 364 g/mol. The molecular formula is C20H23Cl2NO. The van der Waals surface area contributed by atoms with Crippen LogP contribution < -0.4 is 17.3 Å². The van der Waals surface area contributed by atoms with E-state index in [1.54, 1.807) is 4.90 Å². The summed E-state index contributed by atoms with van der Waals surface area (Å²) >= 11 is 6.51. The summed E-state index contributed by atoms with van der Waals surface area (Å²) < 4.78 is 0. The Balaban J connectivity index is 0.00000169. The Morgan fingerprint density at radius 1 is 0.958 bits per heavy atom. The summed E-state index contributed by atoms with van der Waals surface area (Å²) in [6.07, 6.45) is 2.42. The molecule has 2 nitrogen and oxygen atoms in total. The Morgan fingerprint density at radius 2 is 1.58 bits per heavy atom. The van der Waals surface area contributed by atoms with Gasteiger partial charge in [0.1, 0.15) is 5.60 Å². The van der Waals surface area contributed by atoms with Crippen molar-refractivity contribution in [3.05, 3.63) is 70.7 Å². The van der Waals surface area contributed by atoms with Crippen LogP contribution in [-0.4, -0.2) is 24.7 Å². The van der Waals surface area contributed by atoms with Crippen LogP contribution in [-0.2, 0) is 5.60 Å². The standard InChI is InChI=1S/C20H22ClNO.ClH/c21-19-9-5-4-8-17(19)20(23,16-6-2-1-3-7-16)18-14-22-12-10-15(18)11-13-22;/h1-9,15,18,23H,10-14H2;1H. The Morgan fingerprint density at radius 3 is 2.17 bits per heavy atom. The van der Waals surface area contributed by atoms with E-state index in [2.05, 4.69) is 0 Å². The van der Waals surface area contributed by atoms with Gasteiger partial charge in [0, 0.05) is 29.3 Å². The van der Waals surface area contributed by atoms with Gasteiger partial charge in [-0.2, -0.15) is 0 Å². The molecule has 2 aromatic rings. The number of aliphatic hydroxyl groups is 1. The summed E-state index contributed by atoms with van der Waals surface area (Å²) in [7, 11) is 0. The molecule has 2 bridgehead atoms. The normalized spacial score (nSPS) is 28.0. The second kappa shape index (κ2) is 7.05. The van der Waals surface area contributed by atoms with E-state index in [9.17, 15) is 5.11 Å². The van der Waals surface area contributed by atoms with E-state index in [4.69, 9.17) is 11.6 Å². The van der Waals surface area contributed by atoms with Crippen LogP contribution >= 0.6 is 11.6 Å². The highest BCUT2D eigenvalue weighted by Gasteiger charge is 2.51. The van der Waals surface area contributed by atoms with Gasteiger partial charge in [-0.05, 0) is 17.5 Å². The molecule has 24 heavy (non-hydrogen) atoms. The minimum Gasteiger partial charge on any atom is -1.00 e. The molecule has 2 N–H and O–H groups in total. The topological polar surface area (TPSA) is 24.7 Å². The quantitative estimate of drug-likeness (QED) is 0.755. The fourth-order valence-corrected chi connectivity index (χ4v) is 4.93. The Hall–Kier alpha value is -1.06. The van der Waals surface area contributed by atoms with Gasteiger partial charge < -0.3 is 22.4 Å². The third-order valence-corrected chi connectivity index (χ3v) is 6.18. The summed E-state index contributed by atoms with van der Waals surface area (Å²) in [6.45, 7) is 3.52. The second-order valence-electron chi connectivity index (χ2n) is 7.01. The zero-order valence-electron chi connectivity index (χ0n) is 13.6. The predicted octanol–water partition coefficient (Wildman–Crippen LogP) is -0.495. The summed E-state index contributed by atoms with van der Waals surface area (Å²) in [4.78, 5) is 1.62. The van der Waals surface area contributed by atoms with Crippen molar-refractivity contribution in [1.82, 2.24) is 0 Å². The van der Waals surface area contributed by atoms with E-state index in [0.29, 0.717) is 10.9 Å². The molecule has 4 heteroatoms. The molecule has 0 amide bonds. The highest BCUT2D eigenvalue weighted by Crippen LogP contribution is 2.45. The fourth-order valence-electron chi connectivity index (χ4n) is 4.65. The van der Waals surface area contributed by atoms with Crippen LogP contribution in [0.25, 0.3) is 0 Å². The molecular weight excluding hydrogens is 341 g/mol. The molecule has 0 spiro atoms. The van der Waals surface area contributed by atoms with Gasteiger partial charge >= 0.3 is 0 Å². The maximum Gasteiger partial charge on any atom is 0.124 e. The van der Waals surface area contributed by atoms with Gasteiger partial charge in [0.2, 0.25) is 0 Å². The van der Waals surface area contributed by atoms with Gasteiger partial charge in [-0.1, -0.05) is 60.1 Å². The number of halogens is 2. The van der Waals surface area contributed by atoms with E-state index in [0.717, 1.165) is 17.7 Å². The molecule has 0 saturated carbocycles. The van der Waals surface area contributed by atoms with Crippen molar-refractivity contribution in [2.45, 2.75) is 18.4 Å². The number of fused-ring (bicyclic) bond motifs is 3. The van der Waals surface area contributed by atoms with E-state index >= 15 is 0 Å². The van der Waals surface area contributed by atoms with Gasteiger partial charge in [-0.15, -0.1) is 0 Å². The zero-order chi connectivity index (χ0) is 15.9. The van der Waals surface area contributed by atoms with Crippen LogP contribution in [0.4, 0.5) is 0 Å². The van der Waals surface area contributed by atoms with E-state index in [1.165, 1.54) is 25.9 Å². The minimum absolute atomic E-state index is 0. The maximum absolute atomic E-state index is 12.0. The van der Waals surface area contributed by atoms with E-state index < -0.39 is 5.60 Å². The minimum atomic E-state index is -1.00. The first-order valence-electron chi connectivity index (χ1n) is 8.56. The van der Waals surface area contributed by atoms with Crippen molar-refractivity contribution in [3.63, 3.8) is 0 Å². The number of hydrogen-bond donors (Lipinski definition) is 2. The molecule has 3 heterocycles. The third-order valence-electron chi connectivity index (χ3n) is 5.85. The average Bonchev–Trinajstić information content (AvgIpc) is 2.63. The Kier molecular flexibility index (Phi) is 5.22. The molecule has 2 atom stereocenters. The largest absolute Gasteiger partial charge is 1.00 e. The highest BCUT2D eigenvalue weighted by atomic mass is 35.5. The summed E-state index contributed by atoms with van der Waals surface area (Å²) in [5.41, 5.74) is 0.813. The third kappa shape index (κ3) is 2.86. The van der Waals surface area contributed by atoms with Gasteiger partial charge in [0.25, 0.3) is 0 Å². The number of piperidine rings is 3. The van der Waals surface area contributed by atoms with Crippen LogP contribution in [0.1, 0.15) is 24.0 Å². The van der Waals surface area contributed by atoms with Crippen molar-refractivity contribution >= 4 is 11.6 Å². The molecule has 2 unspecified atom stereocenters. The lowest BCUT2D eigenvalue weighted by Crippen LogP contribution is -3.16. The molecule has 3 fully saturated rings. The van der Waals surface area contributed by atoms with Gasteiger partial charge in [0.05, 0.1) is 19.6 Å². The lowest BCUT2D eigenvalue weighted by Gasteiger charge is -2.49. The zero-order valence-corrected chi connectivity index (χ0v) is 15.1. The molecule has 2 aromatic carbocycles. The van der Waals surface area contributed by atoms with Crippen LogP contribution in [0.5, 0.6) is 0 Å². The monoisotopic (exact) mass is 363 g/mol. The first-order chi connectivity index (χ1) is 11.2. The van der Waals surface area contributed by atoms with Crippen LogP contribution in [0, 0.1) is 11.8 Å². The predicted molar refractivity (Wildman–Crippen MR) is 92.7 cm³/mol. The van der Waals surface area contributed by atoms with Crippen molar-refractivity contribution in [3.8, 4) is 0 Å². The fraction of sp³-hybridized carbons (Fsp3) is 0.400. The summed E-state index contributed by atoms with van der Waals surface area (Å²) in [5, 5.41) is 12.6. The van der Waals surface area contributed by atoms with E-state index in [1.807, 2.05) is 54.6 Å². The maximum atomic E-state index is 12.0. The van der Waals surface area contributed by atoms with Crippen molar-refractivity contribution in [2.75, 3.05) is 19.6 Å². The lowest BCUT2D eigenvalue weighted by atomic mass is 9.65. The molecule has 0 aliphatic carbocycles. The molecule has 3 aliphatic heterocycles. The number of hydrogen-bond acceptors (Lipinski definition) is 1. The van der Waals surface area contributed by atoms with E-state index in [-0.39, 0.29) is 18.3 Å². The van der Waals surface area contributed by atoms with Crippen LogP contribution in [0.3, 0.4) is 0 Å². The van der Waals surface area contributed by atoms with Gasteiger partial charge in [-0.25, -0.2) is 0 Å². The van der Waals surface area contributed by atoms with Crippen molar-refractivity contribution in [2.24, 2.45) is 11.8 Å². The number of nitrogens with one attached hydrogen (secondary N) is 1. The number of quaternary nitrogens is 1. The molecule has 5 rings (SSSR count). The molecule has 3 aliphatic rings. The summed E-state index contributed by atoms with van der Waals surface area (Å²) in [6, 6.07) is 17.9. The molecule has 3 saturated heterocycles. The smallest absolute Gasteiger partial charge is 0.124 e. The lowest BCUT2D eigenvalue weighted by molar-refractivity contribution is -0.922. The summed E-state index contributed by atoms with van der Waals surface area (Å²) in [5.74, 6) is 0.802. The first-order valence-corrected chi connectivity index (χ1v) is 8.94. The van der Waals surface area contributed by atoms with Crippen LogP contribution in [0.2, 0.25) is 5.02 Å². The Bertz CT molecular complexity index is 685. The number of rotatable bonds is 3. The second-order valence-corrected chi connectivity index (χ2v) is 7.42. The molecule has 0 aromatic heterocycles. The highest BCUT2D eigenvalue weighted by molar-refractivity contribution is 6.31. The van der Waals surface area contributed by atoms with Crippen molar-refractivity contribution < 1.29 is 22.4 Å².